The Morgan fingerprint density at radius 2 is 2.32 bits per heavy atom. The summed E-state index contributed by atoms with van der Waals surface area (Å²) in [6, 6.07) is 4.43. The summed E-state index contributed by atoms with van der Waals surface area (Å²) in [5.74, 6) is 1.32. The number of ether oxygens (including phenoxy) is 2. The van der Waals surface area contributed by atoms with Gasteiger partial charge < -0.3 is 14.8 Å². The first-order valence-corrected chi connectivity index (χ1v) is 7.10. The molecule has 3 atom stereocenters. The molecule has 0 spiro atoms. The van der Waals surface area contributed by atoms with E-state index in [-0.39, 0.29) is 5.41 Å². The molecule has 0 amide bonds. The number of rotatable bonds is 4. The highest BCUT2D eigenvalue weighted by molar-refractivity contribution is 5.45. The van der Waals surface area contributed by atoms with Crippen molar-refractivity contribution in [1.82, 2.24) is 4.98 Å². The Morgan fingerprint density at radius 3 is 3.00 bits per heavy atom. The van der Waals surface area contributed by atoms with Crippen LogP contribution < -0.4 is 10.1 Å². The molecule has 4 nitrogen and oxygen atoms in total. The van der Waals surface area contributed by atoms with Gasteiger partial charge in [-0.05, 0) is 19.4 Å². The van der Waals surface area contributed by atoms with Crippen LogP contribution in [0.3, 0.4) is 0 Å². The SMILES string of the molecule is CCOc1ccc(NC2C3CCOC3C2(C)C)cn1. The number of hydrogen-bond donors (Lipinski definition) is 1. The van der Waals surface area contributed by atoms with Gasteiger partial charge in [0.2, 0.25) is 5.88 Å². The van der Waals surface area contributed by atoms with Gasteiger partial charge in [-0.25, -0.2) is 4.98 Å². The standard InChI is InChI=1S/C15H22N2O2/c1-4-18-12-6-5-10(9-16-12)17-13-11-7-8-19-14(11)15(13,2)3/h5-6,9,11,13-14,17H,4,7-8H2,1-3H3. The van der Waals surface area contributed by atoms with E-state index < -0.39 is 0 Å². The Morgan fingerprint density at radius 1 is 1.47 bits per heavy atom. The topological polar surface area (TPSA) is 43.4 Å². The summed E-state index contributed by atoms with van der Waals surface area (Å²) >= 11 is 0. The lowest BCUT2D eigenvalue weighted by atomic mass is 9.57. The molecule has 1 aromatic heterocycles. The molecule has 0 radical (unpaired) electrons. The monoisotopic (exact) mass is 262 g/mol. The first-order chi connectivity index (χ1) is 9.13. The van der Waals surface area contributed by atoms with E-state index in [2.05, 4.69) is 24.1 Å². The van der Waals surface area contributed by atoms with Gasteiger partial charge in [0.1, 0.15) is 0 Å². The van der Waals surface area contributed by atoms with Gasteiger partial charge in [-0.1, -0.05) is 13.8 Å². The molecule has 4 heteroatoms. The van der Waals surface area contributed by atoms with E-state index in [1.165, 1.54) is 0 Å². The number of aromatic nitrogens is 1. The van der Waals surface area contributed by atoms with Crippen LogP contribution in [0.25, 0.3) is 0 Å². The van der Waals surface area contributed by atoms with Crippen molar-refractivity contribution in [1.29, 1.82) is 0 Å². The Kier molecular flexibility index (Phi) is 3.13. The number of nitrogens with one attached hydrogen (secondary N) is 1. The first kappa shape index (κ1) is 12.7. The predicted octanol–water partition coefficient (Wildman–Crippen LogP) is 2.71. The minimum absolute atomic E-state index is 0.194. The highest BCUT2D eigenvalue weighted by atomic mass is 16.5. The van der Waals surface area contributed by atoms with Crippen LogP contribution in [0.5, 0.6) is 5.88 Å². The average molecular weight is 262 g/mol. The summed E-state index contributed by atoms with van der Waals surface area (Å²) in [5.41, 5.74) is 1.26. The van der Waals surface area contributed by atoms with Gasteiger partial charge in [0.05, 0.1) is 24.6 Å². The van der Waals surface area contributed by atoms with Crippen molar-refractivity contribution in [3.8, 4) is 5.88 Å². The van der Waals surface area contributed by atoms with Gasteiger partial charge in [-0.2, -0.15) is 0 Å². The van der Waals surface area contributed by atoms with Gasteiger partial charge in [-0.15, -0.1) is 0 Å². The fourth-order valence-electron chi connectivity index (χ4n) is 3.50. The molecular formula is C15H22N2O2. The van der Waals surface area contributed by atoms with Crippen LogP contribution in [-0.4, -0.2) is 30.3 Å². The van der Waals surface area contributed by atoms with Crippen molar-refractivity contribution in [3.63, 3.8) is 0 Å². The lowest BCUT2D eigenvalue weighted by molar-refractivity contribution is -0.0923. The molecule has 2 heterocycles. The van der Waals surface area contributed by atoms with Gasteiger partial charge in [-0.3, -0.25) is 0 Å². The van der Waals surface area contributed by atoms with Crippen molar-refractivity contribution in [3.05, 3.63) is 18.3 Å². The molecule has 0 bridgehead atoms. The lowest BCUT2D eigenvalue weighted by Crippen LogP contribution is -2.63. The number of pyridine rings is 1. The van der Waals surface area contributed by atoms with Crippen LogP contribution in [0.15, 0.2) is 18.3 Å². The van der Waals surface area contributed by atoms with Crippen molar-refractivity contribution in [2.24, 2.45) is 11.3 Å². The van der Waals surface area contributed by atoms with Gasteiger partial charge in [0.25, 0.3) is 0 Å². The fourth-order valence-corrected chi connectivity index (χ4v) is 3.50. The van der Waals surface area contributed by atoms with Crippen LogP contribution in [-0.2, 0) is 4.74 Å². The van der Waals surface area contributed by atoms with E-state index in [4.69, 9.17) is 9.47 Å². The summed E-state index contributed by atoms with van der Waals surface area (Å²) < 4.78 is 11.2. The summed E-state index contributed by atoms with van der Waals surface area (Å²) in [6.45, 7) is 8.07. The van der Waals surface area contributed by atoms with Crippen molar-refractivity contribution < 1.29 is 9.47 Å². The first-order valence-electron chi connectivity index (χ1n) is 7.10. The van der Waals surface area contributed by atoms with Crippen LogP contribution >= 0.6 is 0 Å². The molecule has 1 N–H and O–H groups in total. The third kappa shape index (κ3) is 2.08. The third-order valence-corrected chi connectivity index (χ3v) is 4.45. The van der Waals surface area contributed by atoms with Crippen molar-refractivity contribution >= 4 is 5.69 Å². The van der Waals surface area contributed by atoms with Gasteiger partial charge in [0.15, 0.2) is 0 Å². The van der Waals surface area contributed by atoms with Crippen LogP contribution in [0.4, 0.5) is 5.69 Å². The van der Waals surface area contributed by atoms with Crippen LogP contribution in [0.2, 0.25) is 0 Å². The van der Waals surface area contributed by atoms with Crippen molar-refractivity contribution in [2.75, 3.05) is 18.5 Å². The number of nitrogens with zero attached hydrogens (tertiary/aromatic N) is 1. The van der Waals surface area contributed by atoms with Crippen LogP contribution in [0, 0.1) is 11.3 Å². The molecule has 3 unspecified atom stereocenters. The summed E-state index contributed by atoms with van der Waals surface area (Å²) in [6.07, 6.45) is 3.43. The van der Waals surface area contributed by atoms with Crippen LogP contribution in [0.1, 0.15) is 27.2 Å². The zero-order valence-corrected chi connectivity index (χ0v) is 11.8. The van der Waals surface area contributed by atoms with Gasteiger partial charge in [0, 0.05) is 30.0 Å². The van der Waals surface area contributed by atoms with E-state index in [1.807, 2.05) is 25.3 Å². The molecule has 0 aromatic carbocycles. The molecule has 1 saturated carbocycles. The van der Waals surface area contributed by atoms with Crippen molar-refractivity contribution in [2.45, 2.75) is 39.3 Å². The number of fused-ring (bicyclic) bond motifs is 1. The highest BCUT2D eigenvalue weighted by Crippen LogP contribution is 2.53. The Bertz CT molecular complexity index is 444. The maximum absolute atomic E-state index is 5.81. The minimum Gasteiger partial charge on any atom is -0.478 e. The second-order valence-corrected chi connectivity index (χ2v) is 6.01. The minimum atomic E-state index is 0.194. The van der Waals surface area contributed by atoms with E-state index in [9.17, 15) is 0 Å². The third-order valence-electron chi connectivity index (χ3n) is 4.45. The molecule has 1 aliphatic heterocycles. The second-order valence-electron chi connectivity index (χ2n) is 6.01. The largest absolute Gasteiger partial charge is 0.478 e. The molecule has 2 aliphatic rings. The molecule has 19 heavy (non-hydrogen) atoms. The molecular weight excluding hydrogens is 240 g/mol. The smallest absolute Gasteiger partial charge is 0.213 e. The van der Waals surface area contributed by atoms with E-state index in [0.29, 0.717) is 30.6 Å². The summed E-state index contributed by atoms with van der Waals surface area (Å²) in [4.78, 5) is 4.30. The normalized spacial score (nSPS) is 31.4. The average Bonchev–Trinajstić information content (AvgIpc) is 2.85. The van der Waals surface area contributed by atoms with E-state index in [1.54, 1.807) is 0 Å². The molecule has 1 saturated heterocycles. The molecule has 1 aromatic rings. The van der Waals surface area contributed by atoms with E-state index >= 15 is 0 Å². The second kappa shape index (κ2) is 4.67. The predicted molar refractivity (Wildman–Crippen MR) is 74.4 cm³/mol. The quantitative estimate of drug-likeness (QED) is 0.906. The number of hydrogen-bond acceptors (Lipinski definition) is 4. The summed E-state index contributed by atoms with van der Waals surface area (Å²) in [5, 5.41) is 3.61. The highest BCUT2D eigenvalue weighted by Gasteiger charge is 2.59. The molecule has 104 valence electrons. The fraction of sp³-hybridized carbons (Fsp3) is 0.667. The number of anilines is 1. The maximum Gasteiger partial charge on any atom is 0.213 e. The Labute approximate surface area is 114 Å². The van der Waals surface area contributed by atoms with E-state index in [0.717, 1.165) is 18.7 Å². The lowest BCUT2D eigenvalue weighted by Gasteiger charge is -2.55. The Hall–Kier alpha value is -1.29. The molecule has 2 fully saturated rings. The maximum atomic E-state index is 5.81. The molecule has 1 aliphatic carbocycles. The summed E-state index contributed by atoms with van der Waals surface area (Å²) in [7, 11) is 0. The van der Waals surface area contributed by atoms with Gasteiger partial charge >= 0.3 is 0 Å². The Balaban J connectivity index is 1.68. The zero-order chi connectivity index (χ0) is 13.5. The zero-order valence-electron chi connectivity index (χ0n) is 11.8. The molecule has 3 rings (SSSR count).